The molecule has 134 valence electrons. The fourth-order valence-corrected chi connectivity index (χ4v) is 3.74. The van der Waals surface area contributed by atoms with Crippen LogP contribution >= 0.6 is 11.3 Å². The molecule has 0 aliphatic carbocycles. The van der Waals surface area contributed by atoms with Crippen LogP contribution in [0.4, 0.5) is 4.79 Å². The van der Waals surface area contributed by atoms with Crippen LogP contribution in [0.5, 0.6) is 0 Å². The number of aryl methyl sites for hydroxylation is 1. The number of carbonyl (C=O) groups excluding carboxylic acids is 1. The zero-order valence-corrected chi connectivity index (χ0v) is 15.7. The van der Waals surface area contributed by atoms with E-state index in [2.05, 4.69) is 41.5 Å². The van der Waals surface area contributed by atoms with Crippen molar-refractivity contribution in [3.63, 3.8) is 0 Å². The van der Waals surface area contributed by atoms with Gasteiger partial charge in [0.2, 0.25) is 0 Å². The maximum absolute atomic E-state index is 11.7. The van der Waals surface area contributed by atoms with Gasteiger partial charge in [-0.15, -0.1) is 11.3 Å². The maximum Gasteiger partial charge on any atom is 0.409 e. The molecule has 1 aliphatic heterocycles. The van der Waals surface area contributed by atoms with Gasteiger partial charge >= 0.3 is 6.09 Å². The zero-order valence-electron chi connectivity index (χ0n) is 14.9. The molecule has 0 spiro atoms. The first-order valence-corrected chi connectivity index (χ1v) is 9.75. The Labute approximate surface area is 153 Å². The van der Waals surface area contributed by atoms with Gasteiger partial charge in [0.05, 0.1) is 12.3 Å². The van der Waals surface area contributed by atoms with E-state index in [-0.39, 0.29) is 6.09 Å². The number of hydrogen-bond acceptors (Lipinski definition) is 5. The van der Waals surface area contributed by atoms with Gasteiger partial charge in [-0.2, -0.15) is 0 Å². The number of rotatable bonds is 5. The van der Waals surface area contributed by atoms with E-state index in [1.54, 1.807) is 16.2 Å². The average molecular weight is 359 g/mol. The summed E-state index contributed by atoms with van der Waals surface area (Å²) in [5.41, 5.74) is 3.63. The number of aromatic nitrogens is 1. The van der Waals surface area contributed by atoms with Crippen molar-refractivity contribution >= 4 is 17.4 Å². The fourth-order valence-electron chi connectivity index (χ4n) is 2.93. The minimum atomic E-state index is -0.200. The van der Waals surface area contributed by atoms with Crippen LogP contribution in [-0.4, -0.2) is 53.7 Å². The number of ether oxygens (including phenoxy) is 1. The quantitative estimate of drug-likeness (QED) is 0.817. The predicted octanol–water partition coefficient (Wildman–Crippen LogP) is 3.65. The van der Waals surface area contributed by atoms with Crippen LogP contribution in [-0.2, 0) is 17.7 Å². The highest BCUT2D eigenvalue weighted by Gasteiger charge is 2.22. The summed E-state index contributed by atoms with van der Waals surface area (Å²) in [6, 6.07) is 8.65. The van der Waals surface area contributed by atoms with Gasteiger partial charge in [0, 0.05) is 43.7 Å². The van der Waals surface area contributed by atoms with E-state index in [0.717, 1.165) is 36.8 Å². The normalized spacial score (nSPS) is 15.4. The van der Waals surface area contributed by atoms with Crippen molar-refractivity contribution in [2.45, 2.75) is 26.8 Å². The number of thiazole rings is 1. The van der Waals surface area contributed by atoms with Gasteiger partial charge in [-0.1, -0.05) is 31.2 Å². The summed E-state index contributed by atoms with van der Waals surface area (Å²) in [5.74, 6) is 0. The van der Waals surface area contributed by atoms with E-state index in [1.807, 2.05) is 6.92 Å². The molecule has 0 atom stereocenters. The van der Waals surface area contributed by atoms with E-state index in [9.17, 15) is 4.79 Å². The summed E-state index contributed by atoms with van der Waals surface area (Å²) < 4.78 is 5.06. The zero-order chi connectivity index (χ0) is 17.6. The van der Waals surface area contributed by atoms with Crippen LogP contribution in [0.15, 0.2) is 29.6 Å². The molecule has 5 nitrogen and oxygen atoms in total. The molecule has 2 heterocycles. The second-order valence-corrected chi connectivity index (χ2v) is 7.01. The Kier molecular flexibility index (Phi) is 6.04. The second kappa shape index (κ2) is 8.45. The van der Waals surface area contributed by atoms with Crippen molar-refractivity contribution in [2.75, 3.05) is 32.8 Å². The lowest BCUT2D eigenvalue weighted by atomic mass is 10.1. The summed E-state index contributed by atoms with van der Waals surface area (Å²) in [4.78, 5) is 20.7. The monoisotopic (exact) mass is 359 g/mol. The van der Waals surface area contributed by atoms with Gasteiger partial charge in [-0.25, -0.2) is 9.78 Å². The summed E-state index contributed by atoms with van der Waals surface area (Å²) in [6.45, 7) is 8.42. The predicted molar refractivity (Wildman–Crippen MR) is 101 cm³/mol. The molecule has 1 aromatic heterocycles. The molecule has 2 aromatic rings. The topological polar surface area (TPSA) is 45.7 Å². The molecule has 1 saturated heterocycles. The smallest absolute Gasteiger partial charge is 0.409 e. The molecule has 3 rings (SSSR count). The van der Waals surface area contributed by atoms with Crippen molar-refractivity contribution in [2.24, 2.45) is 0 Å². The molecule has 0 saturated carbocycles. The van der Waals surface area contributed by atoms with E-state index < -0.39 is 0 Å². The van der Waals surface area contributed by atoms with E-state index in [4.69, 9.17) is 9.72 Å². The van der Waals surface area contributed by atoms with Gasteiger partial charge < -0.3 is 9.64 Å². The summed E-state index contributed by atoms with van der Waals surface area (Å²) in [7, 11) is 0. The van der Waals surface area contributed by atoms with Gasteiger partial charge in [-0.3, -0.25) is 4.90 Å². The number of hydrogen-bond donors (Lipinski definition) is 0. The lowest BCUT2D eigenvalue weighted by Crippen LogP contribution is -2.48. The molecular formula is C19H25N3O2S. The highest BCUT2D eigenvalue weighted by molar-refractivity contribution is 7.13. The Hall–Kier alpha value is -1.92. The number of carbonyl (C=O) groups is 1. The third-order valence-corrected chi connectivity index (χ3v) is 5.38. The van der Waals surface area contributed by atoms with Crippen molar-refractivity contribution in [1.29, 1.82) is 0 Å². The van der Waals surface area contributed by atoms with Crippen LogP contribution in [0.1, 0.15) is 25.1 Å². The molecule has 0 N–H and O–H groups in total. The third kappa shape index (κ3) is 4.58. The lowest BCUT2D eigenvalue weighted by Gasteiger charge is -2.33. The van der Waals surface area contributed by atoms with E-state index >= 15 is 0 Å². The summed E-state index contributed by atoms with van der Waals surface area (Å²) in [6.07, 6.45) is 0.856. The molecule has 0 bridgehead atoms. The first kappa shape index (κ1) is 17.9. The molecule has 25 heavy (non-hydrogen) atoms. The van der Waals surface area contributed by atoms with Crippen molar-refractivity contribution < 1.29 is 9.53 Å². The number of benzene rings is 1. The van der Waals surface area contributed by atoms with Crippen molar-refractivity contribution in [1.82, 2.24) is 14.8 Å². The van der Waals surface area contributed by atoms with Gasteiger partial charge in [0.25, 0.3) is 0 Å². The van der Waals surface area contributed by atoms with Crippen LogP contribution in [0.2, 0.25) is 0 Å². The Morgan fingerprint density at radius 3 is 2.52 bits per heavy atom. The highest BCUT2D eigenvalue weighted by atomic mass is 32.1. The fraction of sp³-hybridized carbons (Fsp3) is 0.474. The molecule has 0 unspecified atom stereocenters. The number of amides is 1. The van der Waals surface area contributed by atoms with Gasteiger partial charge in [0.15, 0.2) is 0 Å². The molecular weight excluding hydrogens is 334 g/mol. The molecule has 1 aliphatic rings. The van der Waals surface area contributed by atoms with Crippen LogP contribution < -0.4 is 0 Å². The van der Waals surface area contributed by atoms with Crippen LogP contribution in [0, 0.1) is 0 Å². The van der Waals surface area contributed by atoms with E-state index in [0.29, 0.717) is 19.7 Å². The van der Waals surface area contributed by atoms with Gasteiger partial charge in [-0.05, 0) is 18.9 Å². The third-order valence-electron chi connectivity index (χ3n) is 4.44. The molecule has 1 aromatic carbocycles. The Balaban J connectivity index is 1.54. The SMILES string of the molecule is CCOC(=O)N1CCN(Cc2csc(-c3ccc(CC)cc3)n2)CC1. The largest absolute Gasteiger partial charge is 0.450 e. The average Bonchev–Trinajstić information content (AvgIpc) is 3.11. The second-order valence-electron chi connectivity index (χ2n) is 6.16. The minimum absolute atomic E-state index is 0.200. The van der Waals surface area contributed by atoms with Crippen molar-refractivity contribution in [3.8, 4) is 10.6 Å². The molecule has 1 amide bonds. The Morgan fingerprint density at radius 2 is 1.88 bits per heavy atom. The molecule has 0 radical (unpaired) electrons. The van der Waals surface area contributed by atoms with E-state index in [1.165, 1.54) is 11.1 Å². The first-order chi connectivity index (χ1) is 12.2. The first-order valence-electron chi connectivity index (χ1n) is 8.87. The summed E-state index contributed by atoms with van der Waals surface area (Å²) in [5, 5.41) is 3.21. The van der Waals surface area contributed by atoms with Gasteiger partial charge in [0.1, 0.15) is 5.01 Å². The molecule has 1 fully saturated rings. The van der Waals surface area contributed by atoms with Crippen LogP contribution in [0.25, 0.3) is 10.6 Å². The molecule has 6 heteroatoms. The lowest BCUT2D eigenvalue weighted by molar-refractivity contribution is 0.0776. The maximum atomic E-state index is 11.7. The minimum Gasteiger partial charge on any atom is -0.450 e. The number of piperazine rings is 1. The Morgan fingerprint density at radius 1 is 1.16 bits per heavy atom. The van der Waals surface area contributed by atoms with Crippen molar-refractivity contribution in [3.05, 3.63) is 40.9 Å². The Bertz CT molecular complexity index is 691. The highest BCUT2D eigenvalue weighted by Crippen LogP contribution is 2.25. The van der Waals surface area contributed by atoms with Crippen LogP contribution in [0.3, 0.4) is 0 Å². The summed E-state index contributed by atoms with van der Waals surface area (Å²) >= 11 is 1.69. The number of nitrogens with zero attached hydrogens (tertiary/aromatic N) is 3. The standard InChI is InChI=1S/C19H25N3O2S/c1-3-15-5-7-16(8-6-15)18-20-17(14-25-18)13-21-9-11-22(12-10-21)19(23)24-4-2/h5-8,14H,3-4,9-13H2,1-2H3.